The van der Waals surface area contributed by atoms with Crippen LogP contribution in [0.2, 0.25) is 0 Å². The third-order valence-corrected chi connectivity index (χ3v) is 2.65. The maximum atomic E-state index is 2.33. The number of imidazole rings is 1. The van der Waals surface area contributed by atoms with Crippen LogP contribution in [0, 0.1) is 6.92 Å². The Labute approximate surface area is 86.7 Å². The van der Waals surface area contributed by atoms with Gasteiger partial charge in [0.1, 0.15) is 12.4 Å². The van der Waals surface area contributed by atoms with Crippen molar-refractivity contribution in [2.24, 2.45) is 7.05 Å². The zero-order valence-electron chi connectivity index (χ0n) is 9.53. The van der Waals surface area contributed by atoms with E-state index in [0.29, 0.717) is 0 Å². The van der Waals surface area contributed by atoms with E-state index in [1.807, 2.05) is 0 Å². The first kappa shape index (κ1) is 13.2. The number of rotatable bonds is 5. The molecule has 1 heterocycles. The molecule has 1 N–H and O–H groups in total. The van der Waals surface area contributed by atoms with E-state index >= 15 is 0 Å². The number of nitrogens with zero attached hydrogens (tertiary/aromatic N) is 2. The van der Waals surface area contributed by atoms with Crippen LogP contribution < -0.4 is 4.57 Å². The van der Waals surface area contributed by atoms with E-state index in [1.54, 1.807) is 0 Å². The number of unbranched alkanes of at least 4 members (excludes halogenated alkanes) is 3. The average Bonchev–Trinajstić information content (AvgIpc) is 2.43. The Kier molecular flexibility index (Phi) is 6.21. The highest BCUT2D eigenvalue weighted by Crippen LogP contribution is 1.99. The zero-order chi connectivity index (χ0) is 9.68. The van der Waals surface area contributed by atoms with Crippen molar-refractivity contribution in [3.63, 3.8) is 0 Å². The summed E-state index contributed by atoms with van der Waals surface area (Å²) in [6.07, 6.45) is 9.64. The van der Waals surface area contributed by atoms with Crippen molar-refractivity contribution in [3.8, 4) is 0 Å². The van der Waals surface area contributed by atoms with Gasteiger partial charge in [-0.25, -0.2) is 9.13 Å². The number of aromatic nitrogens is 2. The molecule has 14 heavy (non-hydrogen) atoms. The Morgan fingerprint density at radius 3 is 2.50 bits per heavy atom. The quantitative estimate of drug-likeness (QED) is 0.527. The van der Waals surface area contributed by atoms with Crippen LogP contribution in [0.15, 0.2) is 12.4 Å². The van der Waals surface area contributed by atoms with Crippen LogP contribution in [0.5, 0.6) is 0 Å². The standard InChI is InChI=1S/C11H21N2.H2O/c1-4-5-6-7-8-13-10-9-12(3)11(13)2;/h9-10H,4-8H2,1-3H3;1H2/q+1;/p-1. The number of hydrogen-bond donors (Lipinski definition) is 0. The van der Waals surface area contributed by atoms with Crippen LogP contribution >= 0.6 is 0 Å². The Bertz CT molecular complexity index is 256. The molecule has 0 unspecified atom stereocenters. The van der Waals surface area contributed by atoms with Crippen LogP contribution in [0.1, 0.15) is 38.4 Å². The van der Waals surface area contributed by atoms with Gasteiger partial charge in [-0.15, -0.1) is 0 Å². The lowest BCUT2D eigenvalue weighted by molar-refractivity contribution is -0.702. The molecule has 1 aromatic heterocycles. The van der Waals surface area contributed by atoms with Crippen molar-refractivity contribution >= 4 is 0 Å². The molecule has 0 aliphatic rings. The SMILES string of the molecule is CCCCCC[n+]1ccn(C)c1C.[OH-]. The highest BCUT2D eigenvalue weighted by molar-refractivity contribution is 4.76. The van der Waals surface area contributed by atoms with Gasteiger partial charge in [0.25, 0.3) is 5.82 Å². The molecule has 0 amide bonds. The van der Waals surface area contributed by atoms with Crippen LogP contribution in [0.4, 0.5) is 0 Å². The molecule has 0 saturated heterocycles. The van der Waals surface area contributed by atoms with Crippen LogP contribution in [-0.4, -0.2) is 10.0 Å². The smallest absolute Gasteiger partial charge is 0.253 e. The minimum Gasteiger partial charge on any atom is -0.870 e. The van der Waals surface area contributed by atoms with Gasteiger partial charge < -0.3 is 5.48 Å². The first-order chi connectivity index (χ1) is 6.25. The molecule has 0 atom stereocenters. The van der Waals surface area contributed by atoms with Gasteiger partial charge in [-0.3, -0.25) is 0 Å². The van der Waals surface area contributed by atoms with Gasteiger partial charge in [0.05, 0.1) is 13.6 Å². The third kappa shape index (κ3) is 3.50. The van der Waals surface area contributed by atoms with E-state index in [9.17, 15) is 0 Å². The zero-order valence-corrected chi connectivity index (χ0v) is 9.53. The van der Waals surface area contributed by atoms with E-state index in [0.717, 1.165) is 0 Å². The summed E-state index contributed by atoms with van der Waals surface area (Å²) in [4.78, 5) is 0. The van der Waals surface area contributed by atoms with Gasteiger partial charge in [-0.1, -0.05) is 19.8 Å². The fourth-order valence-electron chi connectivity index (χ4n) is 1.54. The molecule has 0 spiro atoms. The predicted molar refractivity (Wildman–Crippen MR) is 56.4 cm³/mol. The number of aryl methyl sites for hydroxylation is 2. The molecule has 1 aromatic rings. The summed E-state index contributed by atoms with van der Waals surface area (Å²) in [5, 5.41) is 0. The molecule has 3 heteroatoms. The molecule has 0 aliphatic carbocycles. The summed E-state index contributed by atoms with van der Waals surface area (Å²) < 4.78 is 4.50. The molecule has 0 bridgehead atoms. The molecular formula is C11H22N2O. The molecule has 0 fully saturated rings. The van der Waals surface area contributed by atoms with Gasteiger partial charge in [0.15, 0.2) is 0 Å². The van der Waals surface area contributed by atoms with Crippen molar-refractivity contribution < 1.29 is 10.0 Å². The minimum absolute atomic E-state index is 0. The van der Waals surface area contributed by atoms with E-state index < -0.39 is 0 Å². The molecule has 3 nitrogen and oxygen atoms in total. The molecule has 82 valence electrons. The minimum atomic E-state index is 0. The Morgan fingerprint density at radius 1 is 1.29 bits per heavy atom. The molecule has 0 aromatic carbocycles. The summed E-state index contributed by atoms with van der Waals surface area (Å²) in [5.41, 5.74) is 0. The Balaban J connectivity index is 0.00000169. The van der Waals surface area contributed by atoms with Crippen molar-refractivity contribution in [1.29, 1.82) is 0 Å². The van der Waals surface area contributed by atoms with Crippen LogP contribution in [-0.2, 0) is 13.6 Å². The molecular weight excluding hydrogens is 176 g/mol. The van der Waals surface area contributed by atoms with Gasteiger partial charge >= 0.3 is 0 Å². The van der Waals surface area contributed by atoms with Crippen LogP contribution in [0.25, 0.3) is 0 Å². The van der Waals surface area contributed by atoms with E-state index in [2.05, 4.69) is 42.4 Å². The Morgan fingerprint density at radius 2 is 2.00 bits per heavy atom. The lowest BCUT2D eigenvalue weighted by Crippen LogP contribution is -2.35. The second-order valence-corrected chi connectivity index (χ2v) is 3.71. The van der Waals surface area contributed by atoms with Gasteiger partial charge in [-0.2, -0.15) is 0 Å². The largest absolute Gasteiger partial charge is 0.870 e. The molecule has 0 saturated carbocycles. The lowest BCUT2D eigenvalue weighted by atomic mass is 10.2. The van der Waals surface area contributed by atoms with Crippen molar-refractivity contribution in [2.75, 3.05) is 0 Å². The predicted octanol–water partition coefficient (Wildman–Crippen LogP) is 2.02. The van der Waals surface area contributed by atoms with E-state index in [1.165, 1.54) is 38.1 Å². The van der Waals surface area contributed by atoms with Gasteiger partial charge in [0.2, 0.25) is 0 Å². The van der Waals surface area contributed by atoms with Gasteiger partial charge in [0, 0.05) is 6.92 Å². The second kappa shape index (κ2) is 6.60. The molecule has 0 aliphatic heterocycles. The van der Waals surface area contributed by atoms with Crippen molar-refractivity contribution in [2.45, 2.75) is 46.1 Å². The monoisotopic (exact) mass is 198 g/mol. The summed E-state index contributed by atoms with van der Waals surface area (Å²) in [6, 6.07) is 0. The van der Waals surface area contributed by atoms with Crippen LogP contribution in [0.3, 0.4) is 0 Å². The summed E-state index contributed by atoms with van der Waals surface area (Å²) in [6.45, 7) is 5.59. The Hall–Kier alpha value is -0.830. The average molecular weight is 198 g/mol. The van der Waals surface area contributed by atoms with Crippen molar-refractivity contribution in [1.82, 2.24) is 4.57 Å². The maximum Gasteiger partial charge on any atom is 0.253 e. The fourth-order valence-corrected chi connectivity index (χ4v) is 1.54. The summed E-state index contributed by atoms with van der Waals surface area (Å²) in [7, 11) is 2.10. The van der Waals surface area contributed by atoms with Crippen molar-refractivity contribution in [3.05, 3.63) is 18.2 Å². The van der Waals surface area contributed by atoms with Gasteiger partial charge in [-0.05, 0) is 12.8 Å². The summed E-state index contributed by atoms with van der Waals surface area (Å²) >= 11 is 0. The van der Waals surface area contributed by atoms with E-state index in [-0.39, 0.29) is 5.48 Å². The van der Waals surface area contributed by atoms with E-state index in [4.69, 9.17) is 0 Å². The number of hydrogen-bond acceptors (Lipinski definition) is 1. The molecule has 1 rings (SSSR count). The highest BCUT2D eigenvalue weighted by atomic mass is 16.0. The first-order valence-electron chi connectivity index (χ1n) is 5.27. The second-order valence-electron chi connectivity index (χ2n) is 3.71. The third-order valence-electron chi connectivity index (χ3n) is 2.65. The normalized spacial score (nSPS) is 9.93. The summed E-state index contributed by atoms with van der Waals surface area (Å²) in [5.74, 6) is 1.34. The topological polar surface area (TPSA) is 38.8 Å². The molecule has 0 radical (unpaired) electrons. The highest BCUT2D eigenvalue weighted by Gasteiger charge is 2.06. The lowest BCUT2D eigenvalue weighted by Gasteiger charge is -1.98. The maximum absolute atomic E-state index is 2.33. The first-order valence-corrected chi connectivity index (χ1v) is 5.27. The fraction of sp³-hybridized carbons (Fsp3) is 0.727.